The second-order valence-corrected chi connectivity index (χ2v) is 8.49. The molecule has 2 aromatic carbocycles. The van der Waals surface area contributed by atoms with Gasteiger partial charge in [-0.25, -0.2) is 9.59 Å². The molecule has 0 aliphatic carbocycles. The number of aliphatic carboxylic acids is 2. The minimum Gasteiger partial charge on any atom is -0.489 e. The Morgan fingerprint density at radius 2 is 1.79 bits per heavy atom. The maximum Gasteiger partial charge on any atom is 0.328 e. The Balaban J connectivity index is 0.000000350. The first-order chi connectivity index (χ1) is 16.2. The number of carboxylic acids is 2. The maximum absolute atomic E-state index is 10.9. The minimum atomic E-state index is -1.26. The summed E-state index contributed by atoms with van der Waals surface area (Å²) in [4.78, 5) is 19.1. The largest absolute Gasteiger partial charge is 0.489 e. The van der Waals surface area contributed by atoms with Crippen LogP contribution in [0.4, 0.5) is 5.69 Å². The van der Waals surface area contributed by atoms with Crippen LogP contribution in [-0.2, 0) is 16.0 Å². The zero-order valence-electron chi connectivity index (χ0n) is 19.2. The normalized spacial score (nSPS) is 19.9. The van der Waals surface area contributed by atoms with Gasteiger partial charge >= 0.3 is 11.9 Å². The summed E-state index contributed by atoms with van der Waals surface area (Å²) in [5.41, 5.74) is 2.54. The van der Waals surface area contributed by atoms with Crippen molar-refractivity contribution in [1.29, 1.82) is 0 Å². The van der Waals surface area contributed by atoms with Gasteiger partial charge in [0.25, 0.3) is 0 Å². The van der Waals surface area contributed by atoms with Crippen LogP contribution in [0.1, 0.15) is 31.0 Å². The van der Waals surface area contributed by atoms with Crippen LogP contribution in [0, 0.1) is 0 Å². The van der Waals surface area contributed by atoms with Crippen LogP contribution in [0.3, 0.4) is 0 Å². The highest BCUT2D eigenvalue weighted by atomic mass is 16.5. The Kier molecular flexibility index (Phi) is 8.14. The molecule has 0 unspecified atom stereocenters. The molecule has 0 aromatic heterocycles. The number of anilines is 1. The van der Waals surface area contributed by atoms with E-state index >= 15 is 0 Å². The third-order valence-corrected chi connectivity index (χ3v) is 5.51. The van der Waals surface area contributed by atoms with Gasteiger partial charge in [0, 0.05) is 30.3 Å². The molecule has 2 heterocycles. The molecule has 0 saturated carbocycles. The molecule has 0 bridgehead atoms. The first kappa shape index (κ1) is 25.1. The van der Waals surface area contributed by atoms with Gasteiger partial charge in [-0.1, -0.05) is 30.3 Å². The molecule has 0 fully saturated rings. The van der Waals surface area contributed by atoms with Gasteiger partial charge in [-0.2, -0.15) is 0 Å². The summed E-state index contributed by atoms with van der Waals surface area (Å²) < 4.78 is 11.8. The first-order valence-corrected chi connectivity index (χ1v) is 11.0. The van der Waals surface area contributed by atoms with Crippen molar-refractivity contribution in [2.24, 2.45) is 0 Å². The van der Waals surface area contributed by atoms with E-state index in [0.717, 1.165) is 42.3 Å². The molecule has 34 heavy (non-hydrogen) atoms. The molecule has 2 aliphatic rings. The molecule has 2 aromatic rings. The minimum absolute atomic E-state index is 0.188. The summed E-state index contributed by atoms with van der Waals surface area (Å²) in [6.07, 6.45) is 1.38. The molecular formula is C25H30N2O7. The van der Waals surface area contributed by atoms with Crippen LogP contribution < -0.4 is 20.1 Å². The lowest BCUT2D eigenvalue weighted by molar-refractivity contribution is -0.134. The lowest BCUT2D eigenvalue weighted by Gasteiger charge is -2.43. The highest BCUT2D eigenvalue weighted by molar-refractivity contribution is 5.89. The summed E-state index contributed by atoms with van der Waals surface area (Å²) in [6.45, 7) is 6.06. The lowest BCUT2D eigenvalue weighted by atomic mass is 9.86. The predicted molar refractivity (Wildman–Crippen MR) is 126 cm³/mol. The molecular weight excluding hydrogens is 440 g/mol. The lowest BCUT2D eigenvalue weighted by Crippen LogP contribution is -2.52. The van der Waals surface area contributed by atoms with Crippen molar-refractivity contribution in [3.05, 3.63) is 65.7 Å². The third kappa shape index (κ3) is 6.49. The first-order valence-electron chi connectivity index (χ1n) is 11.0. The zero-order chi connectivity index (χ0) is 24.7. The van der Waals surface area contributed by atoms with Gasteiger partial charge in [-0.05, 0) is 38.4 Å². The van der Waals surface area contributed by atoms with Crippen molar-refractivity contribution in [3.8, 4) is 11.5 Å². The van der Waals surface area contributed by atoms with E-state index in [0.29, 0.717) is 18.8 Å². The molecule has 9 nitrogen and oxygen atoms in total. The Morgan fingerprint density at radius 1 is 1.12 bits per heavy atom. The van der Waals surface area contributed by atoms with Crippen LogP contribution >= 0.6 is 0 Å². The van der Waals surface area contributed by atoms with E-state index in [4.69, 9.17) is 19.7 Å². The van der Waals surface area contributed by atoms with Crippen LogP contribution in [-0.4, -0.2) is 58.7 Å². The fraction of sp³-hybridized carbons (Fsp3) is 0.360. The predicted octanol–water partition coefficient (Wildman–Crippen LogP) is 2.61. The summed E-state index contributed by atoms with van der Waals surface area (Å²) >= 11 is 0. The number of rotatable bonds is 6. The van der Waals surface area contributed by atoms with Crippen molar-refractivity contribution in [1.82, 2.24) is 5.32 Å². The van der Waals surface area contributed by atoms with Crippen LogP contribution in [0.15, 0.2) is 54.6 Å². The zero-order valence-corrected chi connectivity index (χ0v) is 19.2. The molecule has 0 amide bonds. The van der Waals surface area contributed by atoms with Gasteiger partial charge in [0.05, 0.1) is 11.7 Å². The Hall–Kier alpha value is -3.56. The van der Waals surface area contributed by atoms with Gasteiger partial charge in [-0.15, -0.1) is 0 Å². The fourth-order valence-corrected chi connectivity index (χ4v) is 3.81. The topological polar surface area (TPSA) is 137 Å². The fourth-order valence-electron chi connectivity index (χ4n) is 3.81. The molecule has 182 valence electrons. The molecule has 0 saturated heterocycles. The van der Waals surface area contributed by atoms with E-state index in [-0.39, 0.29) is 6.04 Å². The average Bonchev–Trinajstić information content (AvgIpc) is 2.80. The number of carbonyl (C=O) groups is 2. The number of hydrogen-bond donors (Lipinski definition) is 5. The van der Waals surface area contributed by atoms with Crippen LogP contribution in [0.2, 0.25) is 0 Å². The number of hydrogen-bond acceptors (Lipinski definition) is 7. The van der Waals surface area contributed by atoms with E-state index in [1.54, 1.807) is 0 Å². The number of carboxylic acid groups (broad SMARTS) is 2. The smallest absolute Gasteiger partial charge is 0.328 e. The number of aliphatic hydroxyl groups is 1. The molecule has 2 atom stereocenters. The average molecular weight is 471 g/mol. The summed E-state index contributed by atoms with van der Waals surface area (Å²) in [5, 5.41) is 33.4. The van der Waals surface area contributed by atoms with E-state index in [9.17, 15) is 14.7 Å². The SMILES string of the molecule is CC1(C)Oc2cc3c(cc2[C@H](NCCc2ccccc2)[C@H]1O)NCCO3.O=C(O)/C=C\C(=O)O. The molecule has 0 spiro atoms. The number of fused-ring (bicyclic) bond motifs is 2. The van der Waals surface area contributed by atoms with E-state index in [1.807, 2.05) is 32.0 Å². The van der Waals surface area contributed by atoms with Gasteiger partial charge in [0.15, 0.2) is 0 Å². The number of nitrogens with one attached hydrogen (secondary N) is 2. The summed E-state index contributed by atoms with van der Waals surface area (Å²) in [5.74, 6) is -0.926. The van der Waals surface area contributed by atoms with Gasteiger partial charge in [0.1, 0.15) is 29.8 Å². The second kappa shape index (κ2) is 11.0. The molecule has 0 radical (unpaired) electrons. The van der Waals surface area contributed by atoms with Gasteiger partial charge < -0.3 is 35.4 Å². The molecule has 2 aliphatic heterocycles. The maximum atomic E-state index is 10.9. The van der Waals surface area contributed by atoms with Crippen molar-refractivity contribution < 1.29 is 34.4 Å². The molecule has 5 N–H and O–H groups in total. The monoisotopic (exact) mass is 470 g/mol. The standard InChI is InChI=1S/C21H26N2O3.C4H4O4/c1-21(2)20(24)19(23-9-8-14-6-4-3-5-7-14)15-12-16-18(13-17(15)26-21)25-11-10-22-16;5-3(6)1-2-4(7)8/h3-7,12-13,19-20,22-24H,8-11H2,1-2H3;1-2H,(H,5,6)(H,7,8)/b;2-1-/t19-,20+;/m0./s1. The molecule has 9 heteroatoms. The van der Waals surface area contributed by atoms with Crippen LogP contribution in [0.5, 0.6) is 11.5 Å². The third-order valence-electron chi connectivity index (χ3n) is 5.51. The highest BCUT2D eigenvalue weighted by Gasteiger charge is 2.43. The summed E-state index contributed by atoms with van der Waals surface area (Å²) in [6, 6.07) is 14.2. The number of benzene rings is 2. The van der Waals surface area contributed by atoms with Gasteiger partial charge in [-0.3, -0.25) is 0 Å². The quantitative estimate of drug-likeness (QED) is 0.403. The van der Waals surface area contributed by atoms with E-state index < -0.39 is 23.6 Å². The van der Waals surface area contributed by atoms with Crippen molar-refractivity contribution in [2.75, 3.05) is 25.0 Å². The Morgan fingerprint density at radius 3 is 2.44 bits per heavy atom. The summed E-state index contributed by atoms with van der Waals surface area (Å²) in [7, 11) is 0. The van der Waals surface area contributed by atoms with E-state index in [1.165, 1.54) is 5.56 Å². The van der Waals surface area contributed by atoms with Gasteiger partial charge in [0.2, 0.25) is 0 Å². The van der Waals surface area contributed by atoms with E-state index in [2.05, 4.69) is 34.9 Å². The number of aliphatic hydroxyl groups excluding tert-OH is 1. The highest BCUT2D eigenvalue weighted by Crippen LogP contribution is 2.45. The van der Waals surface area contributed by atoms with Crippen molar-refractivity contribution >= 4 is 17.6 Å². The molecule has 4 rings (SSSR count). The number of ether oxygens (including phenoxy) is 2. The Labute approximate surface area is 198 Å². The van der Waals surface area contributed by atoms with Crippen molar-refractivity contribution in [2.45, 2.75) is 38.0 Å². The van der Waals surface area contributed by atoms with Crippen LogP contribution in [0.25, 0.3) is 0 Å². The van der Waals surface area contributed by atoms with Crippen molar-refractivity contribution in [3.63, 3.8) is 0 Å². The second-order valence-electron chi connectivity index (χ2n) is 8.49. The Bertz CT molecular complexity index is 1020.